The van der Waals surface area contributed by atoms with E-state index in [0.29, 0.717) is 12.2 Å². The second kappa shape index (κ2) is 14.8. The van der Waals surface area contributed by atoms with Crippen LogP contribution in [0.1, 0.15) is 29.9 Å². The van der Waals surface area contributed by atoms with Gasteiger partial charge >= 0.3 is 11.9 Å². The van der Waals surface area contributed by atoms with E-state index in [1.54, 1.807) is 0 Å². The smallest absolute Gasteiger partial charge is 0.331 e. The standard InChI is InChI=1S/C31H34N2O9/c1-20-24(16-22-10-6-4-7-11-22)27(42-23-12-8-5-9-13-23)18-38-17-25(31(36)41-20)33-30(35)28-29(40-19-39-21(2)34)26(37-3)14-15-32-28/h4-15,20,24-25,27H,16-19H2,1-3H3,(H,33,35)/t20-,24-,25-,27-/m0/s1. The van der Waals surface area contributed by atoms with Crippen molar-refractivity contribution in [3.63, 3.8) is 0 Å². The van der Waals surface area contributed by atoms with E-state index in [9.17, 15) is 14.4 Å². The molecule has 4 atom stereocenters. The van der Waals surface area contributed by atoms with Crippen LogP contribution in [0.2, 0.25) is 0 Å². The van der Waals surface area contributed by atoms with Crippen molar-refractivity contribution < 1.29 is 42.8 Å². The number of esters is 2. The van der Waals surface area contributed by atoms with Gasteiger partial charge in [0.05, 0.1) is 20.3 Å². The summed E-state index contributed by atoms with van der Waals surface area (Å²) in [7, 11) is 1.39. The van der Waals surface area contributed by atoms with Crippen molar-refractivity contribution in [3.8, 4) is 17.2 Å². The molecule has 1 amide bonds. The average molecular weight is 579 g/mol. The fourth-order valence-corrected chi connectivity index (χ4v) is 4.52. The number of ether oxygens (including phenoxy) is 6. The zero-order chi connectivity index (χ0) is 29.9. The van der Waals surface area contributed by atoms with Gasteiger partial charge < -0.3 is 33.7 Å². The Labute approximate surface area is 244 Å². The van der Waals surface area contributed by atoms with E-state index in [2.05, 4.69) is 10.3 Å². The Kier molecular flexibility index (Phi) is 10.7. The van der Waals surface area contributed by atoms with E-state index in [1.165, 1.54) is 26.3 Å². The monoisotopic (exact) mass is 578 g/mol. The third-order valence-electron chi connectivity index (χ3n) is 6.65. The zero-order valence-corrected chi connectivity index (χ0v) is 23.7. The number of para-hydroxylation sites is 1. The van der Waals surface area contributed by atoms with Crippen molar-refractivity contribution in [1.29, 1.82) is 0 Å². The molecule has 11 nitrogen and oxygen atoms in total. The van der Waals surface area contributed by atoms with E-state index >= 15 is 0 Å². The molecule has 0 unspecified atom stereocenters. The van der Waals surface area contributed by atoms with Crippen LogP contribution in [-0.4, -0.2) is 68.2 Å². The minimum absolute atomic E-state index is 0.0521. The highest BCUT2D eigenvalue weighted by molar-refractivity contribution is 5.98. The van der Waals surface area contributed by atoms with Gasteiger partial charge in [-0.25, -0.2) is 9.78 Å². The Morgan fingerprint density at radius 1 is 1.02 bits per heavy atom. The predicted octanol–water partition coefficient (Wildman–Crippen LogP) is 3.36. The molecule has 0 spiro atoms. The summed E-state index contributed by atoms with van der Waals surface area (Å²) >= 11 is 0. The maximum Gasteiger partial charge on any atom is 0.331 e. The zero-order valence-electron chi connectivity index (χ0n) is 23.7. The summed E-state index contributed by atoms with van der Waals surface area (Å²) in [6.07, 6.45) is 0.895. The van der Waals surface area contributed by atoms with Crippen molar-refractivity contribution in [1.82, 2.24) is 10.3 Å². The highest BCUT2D eigenvalue weighted by atomic mass is 16.7. The summed E-state index contributed by atoms with van der Waals surface area (Å²) < 4.78 is 33.8. The minimum atomic E-state index is -1.15. The molecule has 3 aromatic rings. The molecule has 0 saturated carbocycles. The number of nitrogens with one attached hydrogen (secondary N) is 1. The molecule has 2 heterocycles. The Balaban J connectivity index is 1.54. The molecule has 1 N–H and O–H groups in total. The van der Waals surface area contributed by atoms with E-state index in [0.717, 1.165) is 5.56 Å². The maximum absolute atomic E-state index is 13.3. The van der Waals surface area contributed by atoms with Crippen molar-refractivity contribution in [2.75, 3.05) is 27.1 Å². The van der Waals surface area contributed by atoms with E-state index in [-0.39, 0.29) is 36.3 Å². The summed E-state index contributed by atoms with van der Waals surface area (Å²) in [4.78, 5) is 41.9. The number of hydrogen-bond acceptors (Lipinski definition) is 10. The third-order valence-corrected chi connectivity index (χ3v) is 6.65. The quantitative estimate of drug-likeness (QED) is 0.282. The third kappa shape index (κ3) is 8.20. The lowest BCUT2D eigenvalue weighted by molar-refractivity contribution is -0.154. The molecule has 2 aromatic carbocycles. The van der Waals surface area contributed by atoms with Gasteiger partial charge in [0.25, 0.3) is 5.91 Å². The molecule has 0 aliphatic carbocycles. The van der Waals surface area contributed by atoms with Crippen LogP contribution < -0.4 is 19.5 Å². The van der Waals surface area contributed by atoms with Crippen LogP contribution in [-0.2, 0) is 30.2 Å². The van der Waals surface area contributed by atoms with E-state index < -0.39 is 42.9 Å². The van der Waals surface area contributed by atoms with Crippen LogP contribution in [0.25, 0.3) is 0 Å². The Bertz CT molecular complexity index is 1340. The van der Waals surface area contributed by atoms with Crippen LogP contribution in [0.3, 0.4) is 0 Å². The largest absolute Gasteiger partial charge is 0.493 e. The molecule has 0 bridgehead atoms. The van der Waals surface area contributed by atoms with Gasteiger partial charge in [-0.05, 0) is 31.0 Å². The van der Waals surface area contributed by atoms with Crippen LogP contribution in [0, 0.1) is 5.92 Å². The molecular weight excluding hydrogens is 544 g/mol. The number of methoxy groups -OCH3 is 1. The first-order chi connectivity index (χ1) is 20.4. The molecule has 42 heavy (non-hydrogen) atoms. The van der Waals surface area contributed by atoms with Gasteiger partial charge in [0, 0.05) is 25.1 Å². The van der Waals surface area contributed by atoms with Crippen LogP contribution in [0.5, 0.6) is 17.2 Å². The number of carbonyl (C=O) groups excluding carboxylic acids is 3. The first kappa shape index (κ1) is 30.3. The Morgan fingerprint density at radius 3 is 2.43 bits per heavy atom. The summed E-state index contributed by atoms with van der Waals surface area (Å²) in [5, 5.41) is 2.64. The molecule has 1 aliphatic rings. The first-order valence-corrected chi connectivity index (χ1v) is 13.5. The second-order valence-electron chi connectivity index (χ2n) is 9.62. The molecule has 11 heteroatoms. The van der Waals surface area contributed by atoms with Crippen molar-refractivity contribution in [3.05, 3.63) is 84.2 Å². The number of nitrogens with zero attached hydrogens (tertiary/aromatic N) is 1. The maximum atomic E-state index is 13.3. The number of hydrogen-bond donors (Lipinski definition) is 1. The highest BCUT2D eigenvalue weighted by Gasteiger charge is 2.36. The van der Waals surface area contributed by atoms with E-state index in [4.69, 9.17) is 28.4 Å². The fourth-order valence-electron chi connectivity index (χ4n) is 4.52. The molecular formula is C31H34N2O9. The molecule has 222 valence electrons. The molecule has 1 aliphatic heterocycles. The second-order valence-corrected chi connectivity index (χ2v) is 9.62. The van der Waals surface area contributed by atoms with Crippen LogP contribution in [0.15, 0.2) is 72.9 Å². The van der Waals surface area contributed by atoms with Crippen molar-refractivity contribution in [2.24, 2.45) is 5.92 Å². The number of pyridine rings is 1. The number of aromatic nitrogens is 1. The lowest BCUT2D eigenvalue weighted by Gasteiger charge is -2.31. The number of benzene rings is 2. The number of cyclic esters (lactones) is 1. The first-order valence-electron chi connectivity index (χ1n) is 13.5. The summed E-state index contributed by atoms with van der Waals surface area (Å²) in [6.45, 7) is 2.55. The average Bonchev–Trinajstić information content (AvgIpc) is 3.03. The number of rotatable bonds is 10. The Morgan fingerprint density at radius 2 is 1.74 bits per heavy atom. The highest BCUT2D eigenvalue weighted by Crippen LogP contribution is 2.30. The van der Waals surface area contributed by atoms with Gasteiger partial charge in [-0.1, -0.05) is 48.5 Å². The van der Waals surface area contributed by atoms with Gasteiger partial charge in [-0.15, -0.1) is 0 Å². The lowest BCUT2D eigenvalue weighted by atomic mass is 9.89. The summed E-state index contributed by atoms with van der Waals surface area (Å²) in [6, 6.07) is 19.6. The fraction of sp³-hybridized carbons (Fsp3) is 0.355. The lowest BCUT2D eigenvalue weighted by Crippen LogP contribution is -2.46. The van der Waals surface area contributed by atoms with Crippen LogP contribution >= 0.6 is 0 Å². The van der Waals surface area contributed by atoms with Gasteiger partial charge in [0.2, 0.25) is 6.79 Å². The number of amides is 1. The van der Waals surface area contributed by atoms with Crippen LogP contribution in [0.4, 0.5) is 0 Å². The molecule has 4 rings (SSSR count). The van der Waals surface area contributed by atoms with Crippen molar-refractivity contribution >= 4 is 17.8 Å². The normalized spacial score (nSPS) is 20.6. The minimum Gasteiger partial charge on any atom is -0.493 e. The van der Waals surface area contributed by atoms with Gasteiger partial charge in [0.1, 0.15) is 18.0 Å². The van der Waals surface area contributed by atoms with Crippen molar-refractivity contribution in [2.45, 2.75) is 38.5 Å². The number of carbonyl (C=O) groups is 3. The summed E-state index contributed by atoms with van der Waals surface area (Å²) in [5.41, 5.74) is 0.885. The SMILES string of the molecule is COc1ccnc(C(=O)N[C@H]2COC[C@H](Oc3ccccc3)[C@@H](Cc3ccccc3)[C@H](C)OC2=O)c1OCOC(C)=O. The Hall–Kier alpha value is -4.64. The van der Waals surface area contributed by atoms with Gasteiger partial charge in [-0.2, -0.15) is 0 Å². The molecule has 1 fully saturated rings. The van der Waals surface area contributed by atoms with Gasteiger partial charge in [0.15, 0.2) is 23.2 Å². The topological polar surface area (TPSA) is 132 Å². The predicted molar refractivity (Wildman–Crippen MR) is 150 cm³/mol. The molecule has 1 saturated heterocycles. The molecule has 1 aromatic heterocycles. The van der Waals surface area contributed by atoms with E-state index in [1.807, 2.05) is 67.6 Å². The molecule has 0 radical (unpaired) electrons. The summed E-state index contributed by atoms with van der Waals surface area (Å²) in [5.74, 6) is -1.42. The van der Waals surface area contributed by atoms with Gasteiger partial charge in [-0.3, -0.25) is 9.59 Å².